The van der Waals surface area contributed by atoms with Crippen LogP contribution >= 0.6 is 0 Å². The van der Waals surface area contributed by atoms with Gasteiger partial charge in [-0.2, -0.15) is 18.3 Å². The Labute approximate surface area is 119 Å². The van der Waals surface area contributed by atoms with Gasteiger partial charge in [0, 0.05) is 0 Å². The molecule has 0 bridgehead atoms. The van der Waals surface area contributed by atoms with Crippen LogP contribution < -0.4 is 0 Å². The van der Waals surface area contributed by atoms with E-state index < -0.39 is 18.8 Å². The fraction of sp³-hybridized carbons (Fsp3) is 0.286. The number of hydrogen-bond donors (Lipinski definition) is 0. The Balaban J connectivity index is 2.25. The van der Waals surface area contributed by atoms with Gasteiger partial charge in [-0.1, -0.05) is 18.2 Å². The van der Waals surface area contributed by atoms with Crippen molar-refractivity contribution in [2.45, 2.75) is 20.0 Å². The number of esters is 1. The Morgan fingerprint density at radius 1 is 1.29 bits per heavy atom. The first-order chi connectivity index (χ1) is 9.79. The zero-order valence-corrected chi connectivity index (χ0v) is 11.4. The lowest BCUT2D eigenvalue weighted by Gasteiger charge is -2.09. The summed E-state index contributed by atoms with van der Waals surface area (Å²) in [5.74, 6) is -1.04. The Hall–Kier alpha value is -2.31. The topological polar surface area (TPSA) is 44.1 Å². The standard InChI is InChI=1S/C14H13F3N2O2/c1-9-5-3-4-6-12(9)19-10(2)11(7-18-19)13(20)21-8-14(15,16)17/h3-7H,8H2,1-2H3. The Bertz CT molecular complexity index is 662. The second kappa shape index (κ2) is 5.59. The van der Waals surface area contributed by atoms with Gasteiger partial charge in [0.25, 0.3) is 0 Å². The van der Waals surface area contributed by atoms with Crippen LogP contribution in [0.1, 0.15) is 21.6 Å². The molecule has 2 rings (SSSR count). The minimum absolute atomic E-state index is 0.0162. The average Bonchev–Trinajstić information content (AvgIpc) is 2.78. The molecule has 21 heavy (non-hydrogen) atoms. The number of nitrogens with zero attached hydrogens (tertiary/aromatic N) is 2. The predicted octanol–water partition coefficient (Wildman–Crippen LogP) is 3.21. The Morgan fingerprint density at radius 3 is 2.57 bits per heavy atom. The number of para-hydroxylation sites is 1. The summed E-state index contributed by atoms with van der Waals surface area (Å²) in [5, 5.41) is 4.05. The number of halogens is 3. The molecule has 2 aromatic rings. The summed E-state index contributed by atoms with van der Waals surface area (Å²) in [6, 6.07) is 7.35. The largest absolute Gasteiger partial charge is 0.452 e. The van der Waals surface area contributed by atoms with Gasteiger partial charge in [0.15, 0.2) is 6.61 Å². The highest BCUT2D eigenvalue weighted by Crippen LogP contribution is 2.20. The molecule has 4 nitrogen and oxygen atoms in total. The van der Waals surface area contributed by atoms with Gasteiger partial charge in [0.1, 0.15) is 5.56 Å². The van der Waals surface area contributed by atoms with E-state index in [0.717, 1.165) is 11.3 Å². The van der Waals surface area contributed by atoms with Crippen LogP contribution in [-0.2, 0) is 4.74 Å². The summed E-state index contributed by atoms with van der Waals surface area (Å²) >= 11 is 0. The van der Waals surface area contributed by atoms with Crippen molar-refractivity contribution in [1.82, 2.24) is 9.78 Å². The monoisotopic (exact) mass is 298 g/mol. The van der Waals surface area contributed by atoms with E-state index in [4.69, 9.17) is 0 Å². The highest BCUT2D eigenvalue weighted by molar-refractivity contribution is 5.90. The number of aromatic nitrogens is 2. The molecular formula is C14H13F3N2O2. The van der Waals surface area contributed by atoms with Crippen molar-refractivity contribution < 1.29 is 22.7 Å². The number of aryl methyl sites for hydroxylation is 1. The van der Waals surface area contributed by atoms with Crippen LogP contribution in [0.3, 0.4) is 0 Å². The summed E-state index contributed by atoms with van der Waals surface area (Å²) in [7, 11) is 0. The number of hydrogen-bond acceptors (Lipinski definition) is 3. The van der Waals surface area contributed by atoms with Gasteiger partial charge in [-0.05, 0) is 25.5 Å². The number of carbonyl (C=O) groups is 1. The normalized spacial score (nSPS) is 11.5. The maximum atomic E-state index is 12.1. The highest BCUT2D eigenvalue weighted by Gasteiger charge is 2.30. The van der Waals surface area contributed by atoms with Gasteiger partial charge in [0.05, 0.1) is 17.6 Å². The number of alkyl halides is 3. The lowest BCUT2D eigenvalue weighted by molar-refractivity contribution is -0.161. The van der Waals surface area contributed by atoms with E-state index >= 15 is 0 Å². The lowest BCUT2D eigenvalue weighted by Crippen LogP contribution is -2.20. The molecule has 112 valence electrons. The third-order valence-electron chi connectivity index (χ3n) is 2.94. The first kappa shape index (κ1) is 15.1. The van der Waals surface area contributed by atoms with Gasteiger partial charge in [-0.25, -0.2) is 9.48 Å². The third-order valence-corrected chi connectivity index (χ3v) is 2.94. The maximum Gasteiger partial charge on any atom is 0.422 e. The minimum atomic E-state index is -4.55. The molecule has 0 unspecified atom stereocenters. The average molecular weight is 298 g/mol. The van der Waals surface area contributed by atoms with Crippen LogP contribution in [-0.4, -0.2) is 28.5 Å². The molecule has 7 heteroatoms. The lowest BCUT2D eigenvalue weighted by atomic mass is 10.2. The first-order valence-corrected chi connectivity index (χ1v) is 6.14. The smallest absolute Gasteiger partial charge is 0.422 e. The fourth-order valence-corrected chi connectivity index (χ4v) is 1.88. The summed E-state index contributed by atoms with van der Waals surface area (Å²) in [6.07, 6.45) is -3.34. The van der Waals surface area contributed by atoms with E-state index in [9.17, 15) is 18.0 Å². The summed E-state index contributed by atoms with van der Waals surface area (Å²) in [6.45, 7) is 1.86. The van der Waals surface area contributed by atoms with Gasteiger partial charge in [-0.3, -0.25) is 0 Å². The Morgan fingerprint density at radius 2 is 1.95 bits per heavy atom. The molecule has 0 aliphatic heterocycles. The molecule has 0 aliphatic carbocycles. The zero-order valence-electron chi connectivity index (χ0n) is 11.4. The molecular weight excluding hydrogens is 285 g/mol. The summed E-state index contributed by atoms with van der Waals surface area (Å²) in [5.41, 5.74) is 2.13. The summed E-state index contributed by atoms with van der Waals surface area (Å²) in [4.78, 5) is 11.7. The number of benzene rings is 1. The van der Waals surface area contributed by atoms with Crippen LogP contribution in [0.4, 0.5) is 13.2 Å². The summed E-state index contributed by atoms with van der Waals surface area (Å²) < 4.78 is 41.9. The van der Waals surface area contributed by atoms with Crippen molar-refractivity contribution in [1.29, 1.82) is 0 Å². The van der Waals surface area contributed by atoms with E-state index in [2.05, 4.69) is 9.84 Å². The van der Waals surface area contributed by atoms with E-state index in [1.54, 1.807) is 13.0 Å². The number of rotatable bonds is 3. The van der Waals surface area contributed by atoms with Crippen molar-refractivity contribution in [3.63, 3.8) is 0 Å². The number of ether oxygens (including phenoxy) is 1. The molecule has 0 aliphatic rings. The van der Waals surface area contributed by atoms with Crippen molar-refractivity contribution in [2.24, 2.45) is 0 Å². The Kier molecular flexibility index (Phi) is 4.02. The van der Waals surface area contributed by atoms with Gasteiger partial charge < -0.3 is 4.74 Å². The van der Waals surface area contributed by atoms with Crippen molar-refractivity contribution >= 4 is 5.97 Å². The predicted molar refractivity (Wildman–Crippen MR) is 69.4 cm³/mol. The molecule has 1 aromatic carbocycles. The molecule has 1 aromatic heterocycles. The van der Waals surface area contributed by atoms with E-state index in [1.807, 2.05) is 25.1 Å². The van der Waals surface area contributed by atoms with E-state index in [-0.39, 0.29) is 5.56 Å². The molecule has 0 atom stereocenters. The third kappa shape index (κ3) is 3.42. The van der Waals surface area contributed by atoms with Crippen LogP contribution in [0, 0.1) is 13.8 Å². The van der Waals surface area contributed by atoms with E-state index in [1.165, 1.54) is 10.9 Å². The SMILES string of the molecule is Cc1ccccc1-n1ncc(C(=O)OCC(F)(F)F)c1C. The van der Waals surface area contributed by atoms with Crippen LogP contribution in [0.2, 0.25) is 0 Å². The van der Waals surface area contributed by atoms with Crippen molar-refractivity contribution in [2.75, 3.05) is 6.61 Å². The fourth-order valence-electron chi connectivity index (χ4n) is 1.88. The van der Waals surface area contributed by atoms with Gasteiger partial charge in [0.2, 0.25) is 0 Å². The molecule has 0 amide bonds. The molecule has 0 radical (unpaired) electrons. The maximum absolute atomic E-state index is 12.1. The zero-order chi connectivity index (χ0) is 15.6. The second-order valence-corrected chi connectivity index (χ2v) is 4.53. The molecule has 1 heterocycles. The molecule has 0 N–H and O–H groups in total. The first-order valence-electron chi connectivity index (χ1n) is 6.14. The quantitative estimate of drug-likeness (QED) is 0.817. The molecule has 0 fully saturated rings. The van der Waals surface area contributed by atoms with Gasteiger partial charge in [-0.15, -0.1) is 0 Å². The molecule has 0 saturated carbocycles. The minimum Gasteiger partial charge on any atom is -0.452 e. The molecule has 0 saturated heterocycles. The highest BCUT2D eigenvalue weighted by atomic mass is 19.4. The van der Waals surface area contributed by atoms with Crippen molar-refractivity contribution in [3.05, 3.63) is 47.3 Å². The van der Waals surface area contributed by atoms with Crippen LogP contribution in [0.5, 0.6) is 0 Å². The van der Waals surface area contributed by atoms with Crippen LogP contribution in [0.25, 0.3) is 5.69 Å². The molecule has 0 spiro atoms. The van der Waals surface area contributed by atoms with Crippen LogP contribution in [0.15, 0.2) is 30.5 Å². The van der Waals surface area contributed by atoms with Gasteiger partial charge >= 0.3 is 12.1 Å². The second-order valence-electron chi connectivity index (χ2n) is 4.53. The number of carbonyl (C=O) groups excluding carboxylic acids is 1. The van der Waals surface area contributed by atoms with Crippen molar-refractivity contribution in [3.8, 4) is 5.69 Å². The van der Waals surface area contributed by atoms with E-state index in [0.29, 0.717) is 5.69 Å².